The van der Waals surface area contributed by atoms with Gasteiger partial charge in [0.05, 0.1) is 0 Å². The molecule has 2 nitrogen and oxygen atoms in total. The summed E-state index contributed by atoms with van der Waals surface area (Å²) >= 11 is 2.00. The molecule has 0 fully saturated rings. The van der Waals surface area contributed by atoms with Crippen LogP contribution < -0.4 is 0 Å². The summed E-state index contributed by atoms with van der Waals surface area (Å²) < 4.78 is 2.00. The predicted octanol–water partition coefficient (Wildman–Crippen LogP) is 0.779. The summed E-state index contributed by atoms with van der Waals surface area (Å²) in [7, 11) is 0. The summed E-state index contributed by atoms with van der Waals surface area (Å²) in [6.07, 6.45) is 2.00. The van der Waals surface area contributed by atoms with Gasteiger partial charge in [0.25, 0.3) is 5.97 Å². The van der Waals surface area contributed by atoms with Crippen LogP contribution in [-0.4, -0.2) is 28.8 Å². The molecule has 0 spiro atoms. The van der Waals surface area contributed by atoms with Crippen LogP contribution in [-0.2, 0) is 4.79 Å². The van der Waals surface area contributed by atoms with E-state index in [0.29, 0.717) is 0 Å². The van der Waals surface area contributed by atoms with Gasteiger partial charge in [-0.3, -0.25) is 4.79 Å². The first-order chi connectivity index (χ1) is 3.65. The van der Waals surface area contributed by atoms with Gasteiger partial charge in [-0.2, -0.15) is 0 Å². The van der Waals surface area contributed by atoms with E-state index in [1.165, 1.54) is 0 Å². The number of carboxylic acid groups (broad SMARTS) is 1. The minimum absolute atomic E-state index is 0.833. The normalized spacial score (nSPS) is 8.00. The molecule has 1 N–H and O–H groups in total. The third-order valence-corrected chi connectivity index (χ3v) is 0.333. The van der Waals surface area contributed by atoms with E-state index in [1.807, 2.05) is 35.5 Å². The maximum atomic E-state index is 9.00. The number of aliphatic carboxylic acids is 1. The van der Waals surface area contributed by atoms with Gasteiger partial charge in [0, 0.05) is 6.92 Å². The predicted molar refractivity (Wildman–Crippen MR) is 33.9 cm³/mol. The summed E-state index contributed by atoms with van der Waals surface area (Å²) in [5, 5.41) is 7.42. The zero-order chi connectivity index (χ0) is 6.99. The first-order valence-corrected chi connectivity index (χ1v) is 2.42. The van der Waals surface area contributed by atoms with Crippen LogP contribution in [0.25, 0.3) is 0 Å². The zero-order valence-corrected chi connectivity index (χ0v) is 5.51. The van der Waals surface area contributed by atoms with Crippen molar-refractivity contribution in [3.8, 4) is 0 Å². The van der Waals surface area contributed by atoms with Crippen molar-refractivity contribution in [2.45, 2.75) is 13.8 Å². The molecule has 0 aliphatic carbocycles. The van der Waals surface area contributed by atoms with Crippen molar-refractivity contribution in [3.63, 3.8) is 0 Å². The molecule has 0 heterocycles. The Kier molecular flexibility index (Phi) is 13.3. The molecule has 8 heavy (non-hydrogen) atoms. The molecule has 0 aliphatic heterocycles. The van der Waals surface area contributed by atoms with Gasteiger partial charge in [-0.25, -0.2) is 0 Å². The molecule has 0 saturated carbocycles. The molecule has 0 aromatic heterocycles. The molecule has 0 bridgehead atoms. The van der Waals surface area contributed by atoms with Crippen molar-refractivity contribution in [1.29, 1.82) is 0 Å². The van der Waals surface area contributed by atoms with Gasteiger partial charge in [-0.05, 0) is 0 Å². The van der Waals surface area contributed by atoms with Crippen molar-refractivity contribution in [1.82, 2.24) is 0 Å². The fourth-order valence-corrected chi connectivity index (χ4v) is 0. The zero-order valence-electron chi connectivity index (χ0n) is 5.51. The van der Waals surface area contributed by atoms with Crippen LogP contribution in [0.3, 0.4) is 0 Å². The molecule has 0 aromatic carbocycles. The van der Waals surface area contributed by atoms with Gasteiger partial charge in [-0.15, -0.1) is 0 Å². The van der Waals surface area contributed by atoms with E-state index in [4.69, 9.17) is 9.90 Å². The molecule has 0 amide bonds. The van der Waals surface area contributed by atoms with Crippen molar-refractivity contribution < 1.29 is 9.90 Å². The third kappa shape index (κ3) is 206. The molecule has 0 unspecified atom stereocenters. The number of hydrogen-bond acceptors (Lipinski definition) is 1. The molecular formula is C5H9LiO2. The van der Waals surface area contributed by atoms with Gasteiger partial charge in [0.1, 0.15) is 0 Å². The second-order valence-electron chi connectivity index (χ2n) is 1.19. The average molecular weight is 108 g/mol. The van der Waals surface area contributed by atoms with E-state index in [9.17, 15) is 0 Å². The van der Waals surface area contributed by atoms with Crippen molar-refractivity contribution in [3.05, 3.63) is 10.8 Å². The van der Waals surface area contributed by atoms with E-state index >= 15 is 0 Å². The number of rotatable bonds is 0. The van der Waals surface area contributed by atoms with Gasteiger partial charge in [0.2, 0.25) is 0 Å². The molecule has 0 aromatic rings. The Morgan fingerprint density at radius 3 is 1.88 bits per heavy atom. The molecule has 0 radical (unpaired) electrons. The summed E-state index contributed by atoms with van der Waals surface area (Å²) in [5.74, 6) is -0.833. The Bertz CT molecular complexity index is 70.5. The monoisotopic (exact) mass is 108 g/mol. The molecule has 0 aliphatic rings. The fraction of sp³-hybridized carbons (Fsp3) is 0.400. The Morgan fingerprint density at radius 2 is 1.88 bits per heavy atom. The Balaban J connectivity index is 0. The second-order valence-corrected chi connectivity index (χ2v) is 1.19. The quantitative estimate of drug-likeness (QED) is 0.465. The standard InChI is InChI=1S/C3H5.C2H4O2.Li/c1-3-2;1-2(3)4;/h1,3H,2H3;1H3,(H,3,4);. The van der Waals surface area contributed by atoms with Gasteiger partial charge in [-0.1, -0.05) is 0 Å². The van der Waals surface area contributed by atoms with Crippen molar-refractivity contribution in [2.24, 2.45) is 0 Å². The Labute approximate surface area is 58.8 Å². The van der Waals surface area contributed by atoms with E-state index in [1.54, 1.807) is 0 Å². The SMILES string of the molecule is CC(=O)O.[Li][CH]=CC. The number of carboxylic acids is 1. The van der Waals surface area contributed by atoms with E-state index in [-0.39, 0.29) is 0 Å². The molecule has 42 valence electrons. The van der Waals surface area contributed by atoms with E-state index < -0.39 is 5.97 Å². The van der Waals surface area contributed by atoms with E-state index in [0.717, 1.165) is 6.92 Å². The summed E-state index contributed by atoms with van der Waals surface area (Å²) in [5.41, 5.74) is 0. The molecule has 0 saturated heterocycles. The van der Waals surface area contributed by atoms with E-state index in [2.05, 4.69) is 0 Å². The second kappa shape index (κ2) is 9.93. The maximum absolute atomic E-state index is 9.00. The van der Waals surface area contributed by atoms with Gasteiger partial charge in [0.15, 0.2) is 0 Å². The third-order valence-electron chi connectivity index (χ3n) is 0.333. The van der Waals surface area contributed by atoms with Crippen LogP contribution in [0, 0.1) is 0 Å². The molecule has 0 rings (SSSR count). The number of hydrogen-bond donors (Lipinski definition) is 1. The Hall–Kier alpha value is -0.193. The van der Waals surface area contributed by atoms with Crippen LogP contribution in [0.5, 0.6) is 0 Å². The fourth-order valence-electron chi connectivity index (χ4n) is 0. The van der Waals surface area contributed by atoms with Crippen molar-refractivity contribution >= 4 is 23.7 Å². The molecular weight excluding hydrogens is 99.0 g/mol. The first kappa shape index (κ1) is 10.7. The van der Waals surface area contributed by atoms with Crippen LogP contribution in [0.4, 0.5) is 0 Å². The Morgan fingerprint density at radius 1 is 1.75 bits per heavy atom. The number of carbonyl (C=O) groups is 1. The summed E-state index contributed by atoms with van der Waals surface area (Å²) in [4.78, 5) is 9.00. The summed E-state index contributed by atoms with van der Waals surface area (Å²) in [6, 6.07) is 0. The number of allylic oxidation sites excluding steroid dienone is 1. The summed E-state index contributed by atoms with van der Waals surface area (Å²) in [6.45, 7) is 3.08. The minimum atomic E-state index is -0.833. The van der Waals surface area contributed by atoms with Gasteiger partial charge >= 0.3 is 35.5 Å². The van der Waals surface area contributed by atoms with Crippen LogP contribution in [0.1, 0.15) is 13.8 Å². The topological polar surface area (TPSA) is 37.3 Å². The van der Waals surface area contributed by atoms with Crippen LogP contribution >= 0.6 is 0 Å². The van der Waals surface area contributed by atoms with Crippen LogP contribution in [0.15, 0.2) is 10.8 Å². The first-order valence-electron chi connectivity index (χ1n) is 2.42. The van der Waals surface area contributed by atoms with Crippen molar-refractivity contribution in [2.75, 3.05) is 0 Å². The molecule has 3 heteroatoms. The van der Waals surface area contributed by atoms with Gasteiger partial charge < -0.3 is 5.11 Å². The van der Waals surface area contributed by atoms with Crippen LogP contribution in [0.2, 0.25) is 0 Å². The molecule has 0 atom stereocenters. The average Bonchev–Trinajstić information content (AvgIpc) is 1.65.